The van der Waals surface area contributed by atoms with E-state index >= 15 is 0 Å². The average Bonchev–Trinajstić information content (AvgIpc) is 2.50. The molecule has 0 aromatic heterocycles. The quantitative estimate of drug-likeness (QED) is 0.241. The Morgan fingerprint density at radius 1 is 0.875 bits per heavy atom. The Balaban J connectivity index is 5.32. The fourth-order valence-corrected chi connectivity index (χ4v) is 2.62. The molecule has 0 rings (SSSR count). The Morgan fingerprint density at radius 3 is 1.71 bits per heavy atom. The third-order valence-electron chi connectivity index (χ3n) is 3.43. The van der Waals surface area contributed by atoms with Gasteiger partial charge in [0.15, 0.2) is 0 Å². The highest BCUT2D eigenvalue weighted by molar-refractivity contribution is 7.46. The van der Waals surface area contributed by atoms with E-state index in [2.05, 4.69) is 0 Å². The van der Waals surface area contributed by atoms with Crippen molar-refractivity contribution in [3.05, 3.63) is 0 Å². The largest absolute Gasteiger partial charge is 0.474 e. The molecule has 1 unspecified atom stereocenters. The molecule has 8 heteroatoms. The van der Waals surface area contributed by atoms with E-state index in [0.717, 1.165) is 38.5 Å². The van der Waals surface area contributed by atoms with Gasteiger partial charge < -0.3 is 24.0 Å². The molecule has 0 aliphatic carbocycles. The SMILES string of the molecule is CCCCOC(CC)C(OCCCC)(OCCCC)OP(=O)(O)O. The van der Waals surface area contributed by atoms with Crippen molar-refractivity contribution < 1.29 is 33.1 Å². The summed E-state index contributed by atoms with van der Waals surface area (Å²) in [5, 5.41) is 0. The fourth-order valence-electron chi connectivity index (χ4n) is 2.06. The second-order valence-electron chi connectivity index (χ2n) is 5.71. The van der Waals surface area contributed by atoms with E-state index < -0.39 is 19.9 Å². The first kappa shape index (κ1) is 24.0. The Morgan fingerprint density at radius 2 is 1.33 bits per heavy atom. The van der Waals surface area contributed by atoms with Gasteiger partial charge in [0.25, 0.3) is 0 Å². The number of ether oxygens (including phenoxy) is 3. The molecule has 1 atom stereocenters. The molecule has 0 radical (unpaired) electrons. The number of rotatable bonds is 16. The van der Waals surface area contributed by atoms with Crippen molar-refractivity contribution in [2.75, 3.05) is 19.8 Å². The third-order valence-corrected chi connectivity index (χ3v) is 3.92. The first-order valence-corrected chi connectivity index (χ1v) is 10.5. The van der Waals surface area contributed by atoms with Gasteiger partial charge in [0, 0.05) is 6.61 Å². The van der Waals surface area contributed by atoms with Crippen LogP contribution in [0.15, 0.2) is 0 Å². The van der Waals surface area contributed by atoms with Gasteiger partial charge in [0.1, 0.15) is 6.10 Å². The predicted molar refractivity (Wildman–Crippen MR) is 92.5 cm³/mol. The number of phosphoric ester groups is 1. The second-order valence-corrected chi connectivity index (χ2v) is 6.87. The van der Waals surface area contributed by atoms with Crippen LogP contribution < -0.4 is 0 Å². The number of phosphoric acid groups is 1. The van der Waals surface area contributed by atoms with Crippen molar-refractivity contribution in [1.29, 1.82) is 0 Å². The molecule has 2 N–H and O–H groups in total. The van der Waals surface area contributed by atoms with E-state index in [1.54, 1.807) is 0 Å². The van der Waals surface area contributed by atoms with Crippen LogP contribution >= 0.6 is 7.82 Å². The minimum Gasteiger partial charge on any atom is -0.370 e. The zero-order valence-corrected chi connectivity index (χ0v) is 16.4. The van der Waals surface area contributed by atoms with Crippen LogP contribution in [0.3, 0.4) is 0 Å². The minimum absolute atomic E-state index is 0.274. The van der Waals surface area contributed by atoms with Crippen LogP contribution in [0.2, 0.25) is 0 Å². The summed E-state index contributed by atoms with van der Waals surface area (Å²) in [6.45, 7) is 8.89. The molecule has 0 saturated heterocycles. The fraction of sp³-hybridized carbons (Fsp3) is 1.00. The van der Waals surface area contributed by atoms with E-state index in [0.29, 0.717) is 13.0 Å². The zero-order chi connectivity index (χ0) is 18.5. The van der Waals surface area contributed by atoms with Crippen molar-refractivity contribution in [3.8, 4) is 0 Å². The van der Waals surface area contributed by atoms with E-state index in [9.17, 15) is 14.4 Å². The lowest BCUT2D eigenvalue weighted by Crippen LogP contribution is -2.51. The molecule has 7 nitrogen and oxygen atoms in total. The molecule has 0 aromatic carbocycles. The van der Waals surface area contributed by atoms with Crippen LogP contribution in [0.5, 0.6) is 0 Å². The van der Waals surface area contributed by atoms with E-state index in [-0.39, 0.29) is 13.2 Å². The van der Waals surface area contributed by atoms with Crippen LogP contribution in [-0.4, -0.2) is 41.7 Å². The Kier molecular flexibility index (Phi) is 13.2. The van der Waals surface area contributed by atoms with E-state index in [1.807, 2.05) is 27.7 Å². The topological polar surface area (TPSA) is 94.5 Å². The molecule has 0 aliphatic heterocycles. The Hall–Kier alpha value is -0.0100. The van der Waals surface area contributed by atoms with Gasteiger partial charge in [0.05, 0.1) is 13.2 Å². The lowest BCUT2D eigenvalue weighted by atomic mass is 10.2. The second kappa shape index (κ2) is 13.2. The molecule has 0 saturated carbocycles. The Bertz CT molecular complexity index is 335. The van der Waals surface area contributed by atoms with Crippen LogP contribution in [0.1, 0.15) is 72.6 Å². The summed E-state index contributed by atoms with van der Waals surface area (Å²) in [6, 6.07) is 0. The van der Waals surface area contributed by atoms with Gasteiger partial charge >= 0.3 is 13.8 Å². The van der Waals surface area contributed by atoms with Gasteiger partial charge in [-0.25, -0.2) is 9.09 Å². The molecule has 0 spiro atoms. The molecular weight excluding hydrogens is 335 g/mol. The summed E-state index contributed by atoms with van der Waals surface area (Å²) in [4.78, 5) is 18.7. The number of hydrogen-bond acceptors (Lipinski definition) is 5. The van der Waals surface area contributed by atoms with Crippen LogP contribution in [-0.2, 0) is 23.3 Å². The number of unbranched alkanes of at least 4 members (excludes halogenated alkanes) is 3. The summed E-state index contributed by atoms with van der Waals surface area (Å²) in [5.41, 5.74) is 0. The minimum atomic E-state index is -4.82. The van der Waals surface area contributed by atoms with Crippen molar-refractivity contribution in [2.45, 2.75) is 84.7 Å². The summed E-state index contributed by atoms with van der Waals surface area (Å²) < 4.78 is 33.7. The molecule has 0 fully saturated rings. The van der Waals surface area contributed by atoms with Crippen molar-refractivity contribution in [2.24, 2.45) is 0 Å². The maximum Gasteiger partial charge on any atom is 0.474 e. The predicted octanol–water partition coefficient (Wildman–Crippen LogP) is 3.98. The lowest BCUT2D eigenvalue weighted by molar-refractivity contribution is -0.390. The average molecular weight is 370 g/mol. The van der Waals surface area contributed by atoms with Gasteiger partial charge in [0.2, 0.25) is 0 Å². The number of hydrogen-bond donors (Lipinski definition) is 2. The lowest BCUT2D eigenvalue weighted by Gasteiger charge is -2.38. The molecule has 0 bridgehead atoms. The third kappa shape index (κ3) is 10.1. The van der Waals surface area contributed by atoms with E-state index in [4.69, 9.17) is 18.7 Å². The summed E-state index contributed by atoms with van der Waals surface area (Å²) in [7, 11) is -4.82. The highest BCUT2D eigenvalue weighted by Crippen LogP contribution is 2.45. The highest BCUT2D eigenvalue weighted by Gasteiger charge is 2.48. The monoisotopic (exact) mass is 370 g/mol. The van der Waals surface area contributed by atoms with Gasteiger partial charge in [-0.3, -0.25) is 0 Å². The molecular formula is C16H35O7P. The first-order chi connectivity index (χ1) is 11.3. The van der Waals surface area contributed by atoms with Crippen LogP contribution in [0.4, 0.5) is 0 Å². The van der Waals surface area contributed by atoms with Crippen molar-refractivity contribution in [1.82, 2.24) is 0 Å². The maximum absolute atomic E-state index is 11.5. The van der Waals surface area contributed by atoms with Crippen LogP contribution in [0, 0.1) is 0 Å². The summed E-state index contributed by atoms with van der Waals surface area (Å²) in [5.74, 6) is -1.88. The van der Waals surface area contributed by atoms with E-state index in [1.165, 1.54) is 0 Å². The maximum atomic E-state index is 11.5. The Labute approximate surface area is 146 Å². The van der Waals surface area contributed by atoms with Crippen molar-refractivity contribution >= 4 is 7.82 Å². The molecule has 0 aromatic rings. The first-order valence-electron chi connectivity index (χ1n) is 9.00. The standard InChI is InChI=1S/C16H35O7P/c1-5-9-12-20-15(8-4)16(21-13-10-6-2,22-14-11-7-3)23-24(17,18)19/h15H,5-14H2,1-4H3,(H2,17,18,19). The normalized spacial score (nSPS) is 14.1. The van der Waals surface area contributed by atoms with Crippen LogP contribution in [0.25, 0.3) is 0 Å². The zero-order valence-electron chi connectivity index (χ0n) is 15.5. The molecule has 0 heterocycles. The van der Waals surface area contributed by atoms with Gasteiger partial charge in [-0.2, -0.15) is 0 Å². The summed E-state index contributed by atoms with van der Waals surface area (Å²) in [6.07, 6.45) is 4.75. The molecule has 146 valence electrons. The molecule has 0 amide bonds. The molecule has 0 aliphatic rings. The van der Waals surface area contributed by atoms with Gasteiger partial charge in [-0.05, 0) is 25.7 Å². The highest BCUT2D eigenvalue weighted by atomic mass is 31.2. The molecule has 24 heavy (non-hydrogen) atoms. The summed E-state index contributed by atoms with van der Waals surface area (Å²) >= 11 is 0. The van der Waals surface area contributed by atoms with Gasteiger partial charge in [-0.1, -0.05) is 47.0 Å². The van der Waals surface area contributed by atoms with Gasteiger partial charge in [-0.15, -0.1) is 0 Å². The van der Waals surface area contributed by atoms with Crippen molar-refractivity contribution in [3.63, 3.8) is 0 Å². The smallest absolute Gasteiger partial charge is 0.370 e.